The van der Waals surface area contributed by atoms with Crippen LogP contribution >= 0.6 is 22.9 Å². The Balaban J connectivity index is 2.19. The number of sulfonamides is 1. The van der Waals surface area contributed by atoms with Crippen molar-refractivity contribution in [3.8, 4) is 0 Å². The van der Waals surface area contributed by atoms with Gasteiger partial charge in [0.05, 0.1) is 5.69 Å². The Morgan fingerprint density at radius 3 is 2.71 bits per heavy atom. The minimum absolute atomic E-state index is 0.121. The van der Waals surface area contributed by atoms with Gasteiger partial charge in [0, 0.05) is 9.90 Å². The van der Waals surface area contributed by atoms with E-state index in [-0.39, 0.29) is 14.9 Å². The van der Waals surface area contributed by atoms with E-state index in [1.165, 1.54) is 29.5 Å². The molecule has 0 aliphatic heterocycles. The second-order valence-electron chi connectivity index (χ2n) is 4.30. The minimum atomic E-state index is -3.79. The summed E-state index contributed by atoms with van der Waals surface area (Å²) >= 11 is 6.80. The van der Waals surface area contributed by atoms with E-state index in [2.05, 4.69) is 10.0 Å². The third kappa shape index (κ3) is 4.16. The first-order valence-corrected chi connectivity index (χ1v) is 8.81. The Bertz CT molecular complexity index is 732. The van der Waals surface area contributed by atoms with Crippen LogP contribution in [-0.4, -0.2) is 22.0 Å². The predicted octanol–water partition coefficient (Wildman–Crippen LogP) is 3.10. The molecule has 0 unspecified atom stereocenters. The van der Waals surface area contributed by atoms with Gasteiger partial charge in [0.2, 0.25) is 0 Å². The van der Waals surface area contributed by atoms with E-state index in [9.17, 15) is 12.8 Å². The van der Waals surface area contributed by atoms with Crippen LogP contribution in [0, 0.1) is 5.82 Å². The average Bonchev–Trinajstić information content (AvgIpc) is 2.89. The van der Waals surface area contributed by atoms with E-state index in [0.29, 0.717) is 0 Å². The molecule has 0 fully saturated rings. The minimum Gasteiger partial charge on any atom is -0.319 e. The Kier molecular flexibility index (Phi) is 5.21. The van der Waals surface area contributed by atoms with Gasteiger partial charge in [0.15, 0.2) is 0 Å². The van der Waals surface area contributed by atoms with Crippen LogP contribution in [0.4, 0.5) is 10.1 Å². The Hall–Kier alpha value is -1.15. The normalized spacial score (nSPS) is 11.6. The first-order chi connectivity index (χ1) is 9.92. The predicted molar refractivity (Wildman–Crippen MR) is 84.2 cm³/mol. The van der Waals surface area contributed by atoms with Crippen molar-refractivity contribution in [1.82, 2.24) is 5.32 Å². The zero-order valence-electron chi connectivity index (χ0n) is 11.2. The molecule has 2 aromatic rings. The lowest BCUT2D eigenvalue weighted by Gasteiger charge is -2.07. The van der Waals surface area contributed by atoms with Gasteiger partial charge in [0.1, 0.15) is 10.0 Å². The highest BCUT2D eigenvalue weighted by Crippen LogP contribution is 2.26. The van der Waals surface area contributed by atoms with Crippen LogP contribution in [0.2, 0.25) is 5.02 Å². The van der Waals surface area contributed by atoms with Crippen molar-refractivity contribution in [3.63, 3.8) is 0 Å². The molecular weight excluding hydrogens is 335 g/mol. The van der Waals surface area contributed by atoms with Crippen LogP contribution in [-0.2, 0) is 16.4 Å². The van der Waals surface area contributed by atoms with Crippen LogP contribution in [0.15, 0.2) is 34.5 Å². The molecule has 0 atom stereocenters. The van der Waals surface area contributed by atoms with Crippen LogP contribution in [0.25, 0.3) is 0 Å². The molecule has 2 N–H and O–H groups in total. The van der Waals surface area contributed by atoms with E-state index in [1.807, 2.05) is 7.05 Å². The lowest BCUT2D eigenvalue weighted by Crippen LogP contribution is -2.12. The third-order valence-electron chi connectivity index (χ3n) is 2.70. The van der Waals surface area contributed by atoms with Crippen molar-refractivity contribution in [2.24, 2.45) is 0 Å². The standard InChI is InChI=1S/C13H14ClFN2O2S2/c1-16-7-6-10-3-5-13(20-10)21(18,19)17-12-4-2-9(14)8-11(12)15/h2-5,8,16-17H,6-7H2,1H3. The van der Waals surface area contributed by atoms with Gasteiger partial charge >= 0.3 is 0 Å². The third-order valence-corrected chi connectivity index (χ3v) is 5.94. The van der Waals surface area contributed by atoms with Crippen LogP contribution in [0.5, 0.6) is 0 Å². The van der Waals surface area contributed by atoms with E-state index in [0.717, 1.165) is 23.9 Å². The number of thiophene rings is 1. The molecule has 0 saturated carbocycles. The van der Waals surface area contributed by atoms with Crippen molar-refractivity contribution >= 4 is 38.6 Å². The van der Waals surface area contributed by atoms with Gasteiger partial charge < -0.3 is 5.32 Å². The fourth-order valence-electron chi connectivity index (χ4n) is 1.65. The first kappa shape index (κ1) is 16.2. The lowest BCUT2D eigenvalue weighted by atomic mass is 10.3. The molecule has 21 heavy (non-hydrogen) atoms. The van der Waals surface area contributed by atoms with Crippen molar-refractivity contribution in [1.29, 1.82) is 0 Å². The quantitative estimate of drug-likeness (QED) is 0.843. The van der Waals surface area contributed by atoms with E-state index < -0.39 is 15.8 Å². The molecule has 1 aromatic heterocycles. The average molecular weight is 349 g/mol. The van der Waals surface area contributed by atoms with E-state index in [1.54, 1.807) is 6.07 Å². The molecule has 0 aliphatic rings. The summed E-state index contributed by atoms with van der Waals surface area (Å²) in [6.07, 6.45) is 0.742. The molecule has 0 saturated heterocycles. The summed E-state index contributed by atoms with van der Waals surface area (Å²) in [6.45, 7) is 0.763. The molecule has 0 amide bonds. The molecule has 114 valence electrons. The Morgan fingerprint density at radius 2 is 2.05 bits per heavy atom. The summed E-state index contributed by atoms with van der Waals surface area (Å²) in [5, 5.41) is 3.21. The van der Waals surface area contributed by atoms with Crippen LogP contribution in [0.1, 0.15) is 4.88 Å². The second-order valence-corrected chi connectivity index (χ2v) is 7.82. The molecule has 1 aromatic carbocycles. The maximum absolute atomic E-state index is 13.7. The highest BCUT2D eigenvalue weighted by atomic mass is 35.5. The molecule has 0 aliphatic carbocycles. The summed E-state index contributed by atoms with van der Waals surface area (Å²) in [5.41, 5.74) is -0.121. The monoisotopic (exact) mass is 348 g/mol. The molecule has 4 nitrogen and oxygen atoms in total. The number of halogens is 2. The maximum Gasteiger partial charge on any atom is 0.271 e. The van der Waals surface area contributed by atoms with Gasteiger partial charge in [-0.15, -0.1) is 11.3 Å². The van der Waals surface area contributed by atoms with Gasteiger partial charge in [0.25, 0.3) is 10.0 Å². The fraction of sp³-hybridized carbons (Fsp3) is 0.231. The molecule has 0 radical (unpaired) electrons. The molecule has 2 rings (SSSR count). The summed E-state index contributed by atoms with van der Waals surface area (Å²) in [6, 6.07) is 7.06. The number of anilines is 1. The molecule has 1 heterocycles. The Morgan fingerprint density at radius 1 is 1.29 bits per heavy atom. The largest absolute Gasteiger partial charge is 0.319 e. The zero-order valence-corrected chi connectivity index (χ0v) is 13.6. The number of hydrogen-bond acceptors (Lipinski definition) is 4. The lowest BCUT2D eigenvalue weighted by molar-refractivity contribution is 0.600. The van der Waals surface area contributed by atoms with Gasteiger partial charge in [-0.25, -0.2) is 12.8 Å². The number of benzene rings is 1. The number of hydrogen-bond donors (Lipinski definition) is 2. The number of rotatable bonds is 6. The van der Waals surface area contributed by atoms with Crippen molar-refractivity contribution < 1.29 is 12.8 Å². The van der Waals surface area contributed by atoms with Gasteiger partial charge in [-0.1, -0.05) is 11.6 Å². The molecule has 8 heteroatoms. The van der Waals surface area contributed by atoms with Gasteiger partial charge in [-0.05, 0) is 50.3 Å². The number of likely N-dealkylation sites (N-methyl/N-ethyl adjacent to an activating group) is 1. The zero-order chi connectivity index (χ0) is 15.5. The molecule has 0 bridgehead atoms. The van der Waals surface area contributed by atoms with Crippen molar-refractivity contribution in [2.45, 2.75) is 10.6 Å². The maximum atomic E-state index is 13.7. The number of nitrogens with one attached hydrogen (secondary N) is 2. The highest BCUT2D eigenvalue weighted by molar-refractivity contribution is 7.94. The summed E-state index contributed by atoms with van der Waals surface area (Å²) in [4.78, 5) is 0.946. The fourth-order valence-corrected chi connectivity index (χ4v) is 4.23. The van der Waals surface area contributed by atoms with Gasteiger partial charge in [-0.3, -0.25) is 4.72 Å². The second kappa shape index (κ2) is 6.74. The van der Waals surface area contributed by atoms with Crippen LogP contribution in [0.3, 0.4) is 0 Å². The van der Waals surface area contributed by atoms with Gasteiger partial charge in [-0.2, -0.15) is 0 Å². The van der Waals surface area contributed by atoms with E-state index in [4.69, 9.17) is 11.6 Å². The topological polar surface area (TPSA) is 58.2 Å². The molecular formula is C13H14ClFN2O2S2. The first-order valence-electron chi connectivity index (χ1n) is 6.13. The summed E-state index contributed by atoms with van der Waals surface area (Å²) in [5.74, 6) is -0.710. The van der Waals surface area contributed by atoms with Crippen molar-refractivity contribution in [3.05, 3.63) is 46.0 Å². The summed E-state index contributed by atoms with van der Waals surface area (Å²) < 4.78 is 40.5. The smallest absolute Gasteiger partial charge is 0.271 e. The Labute approximate surface area is 132 Å². The van der Waals surface area contributed by atoms with Crippen LogP contribution < -0.4 is 10.0 Å². The molecule has 0 spiro atoms. The summed E-state index contributed by atoms with van der Waals surface area (Å²) in [7, 11) is -1.96. The van der Waals surface area contributed by atoms with Crippen molar-refractivity contribution in [2.75, 3.05) is 18.3 Å². The highest BCUT2D eigenvalue weighted by Gasteiger charge is 2.18. The SMILES string of the molecule is CNCCc1ccc(S(=O)(=O)Nc2ccc(Cl)cc2F)s1. The van der Waals surface area contributed by atoms with E-state index >= 15 is 0 Å².